The zero-order valence-corrected chi connectivity index (χ0v) is 19.2. The molecule has 0 saturated heterocycles. The predicted octanol–water partition coefficient (Wildman–Crippen LogP) is 4.86. The fraction of sp³-hybridized carbons (Fsp3) is 0.158. The van der Waals surface area contributed by atoms with Gasteiger partial charge in [-0.3, -0.25) is 0 Å². The Labute approximate surface area is 191 Å². The van der Waals surface area contributed by atoms with Gasteiger partial charge in [-0.25, -0.2) is 31.2 Å². The van der Waals surface area contributed by atoms with Crippen LogP contribution in [0.1, 0.15) is 5.82 Å². The molecule has 0 aliphatic heterocycles. The fourth-order valence-corrected chi connectivity index (χ4v) is 4.44. The average molecular weight is 525 g/mol. The second-order valence-corrected chi connectivity index (χ2v) is 11.6. The lowest BCUT2D eigenvalue weighted by Crippen LogP contribution is -2.20. The first-order valence-corrected chi connectivity index (χ1v) is 13.2. The van der Waals surface area contributed by atoms with Crippen molar-refractivity contribution in [3.8, 4) is 22.4 Å². The van der Waals surface area contributed by atoms with Gasteiger partial charge in [-0.15, -0.1) is 0 Å². The molecular formula is C19H13Cl2F3N2O4S2. The Bertz CT molecular complexity index is 1380. The largest absolute Gasteiger partial charge is 0.334 e. The molecule has 13 heteroatoms. The highest BCUT2D eigenvalue weighted by Gasteiger charge is 2.37. The summed E-state index contributed by atoms with van der Waals surface area (Å²) in [6, 6.07) is 10.1. The smallest absolute Gasteiger partial charge is 0.244 e. The first kappa shape index (κ1) is 24.4. The van der Waals surface area contributed by atoms with Crippen LogP contribution in [0.5, 0.6) is 0 Å². The van der Waals surface area contributed by atoms with Crippen LogP contribution in [-0.4, -0.2) is 39.7 Å². The maximum atomic E-state index is 14.0. The van der Waals surface area contributed by atoms with Crippen LogP contribution in [0.15, 0.2) is 58.3 Å². The van der Waals surface area contributed by atoms with Crippen LogP contribution in [0.3, 0.4) is 0 Å². The summed E-state index contributed by atoms with van der Waals surface area (Å²) in [6.07, 6.45) is 1.00. The van der Waals surface area contributed by atoms with E-state index in [0.717, 1.165) is 6.26 Å². The lowest BCUT2D eigenvalue weighted by atomic mass is 10.0. The summed E-state index contributed by atoms with van der Waals surface area (Å²) in [5.41, 5.74) is 0.378. The van der Waals surface area contributed by atoms with Gasteiger partial charge in [0.25, 0.3) is 9.05 Å². The summed E-state index contributed by atoms with van der Waals surface area (Å²) in [5, 5.41) is -0.438. The third-order valence-electron chi connectivity index (χ3n) is 4.34. The molecule has 0 fully saturated rings. The molecule has 0 unspecified atom stereocenters. The average Bonchev–Trinajstić information content (AvgIpc) is 2.72. The zero-order chi connectivity index (χ0) is 23.9. The minimum atomic E-state index is -4.01. The monoisotopic (exact) mass is 524 g/mol. The molecule has 0 bridgehead atoms. The van der Waals surface area contributed by atoms with Gasteiger partial charge in [-0.2, -0.15) is 8.78 Å². The molecule has 0 aliphatic rings. The van der Waals surface area contributed by atoms with Crippen molar-refractivity contribution in [1.29, 1.82) is 0 Å². The van der Waals surface area contributed by atoms with Crippen molar-refractivity contribution < 1.29 is 30.0 Å². The third kappa shape index (κ3) is 5.06. The van der Waals surface area contributed by atoms with Crippen LogP contribution in [0.25, 0.3) is 22.4 Å². The molecule has 0 spiro atoms. The molecule has 6 nitrogen and oxygen atoms in total. The van der Waals surface area contributed by atoms with E-state index in [-0.39, 0.29) is 32.2 Å². The van der Waals surface area contributed by atoms with E-state index in [2.05, 4.69) is 9.97 Å². The first-order chi connectivity index (χ1) is 14.7. The van der Waals surface area contributed by atoms with Crippen LogP contribution in [0, 0.1) is 0 Å². The molecule has 0 N–H and O–H groups in total. The summed E-state index contributed by atoms with van der Waals surface area (Å²) >= 11 is 6.17. The summed E-state index contributed by atoms with van der Waals surface area (Å²) in [6.45, 7) is -2.06. The van der Waals surface area contributed by atoms with Gasteiger partial charge in [0.2, 0.25) is 5.82 Å². The topological polar surface area (TPSA) is 94.1 Å². The van der Waals surface area contributed by atoms with Crippen LogP contribution in [-0.2, 0) is 24.8 Å². The minimum absolute atomic E-state index is 0.0195. The second-order valence-electron chi connectivity index (χ2n) is 6.66. The number of halogens is 5. The normalized spacial score (nSPS) is 12.7. The van der Waals surface area contributed by atoms with Crippen LogP contribution >= 0.6 is 22.3 Å². The van der Waals surface area contributed by atoms with Gasteiger partial charge in [0.15, 0.2) is 16.5 Å². The Morgan fingerprint density at radius 3 is 1.84 bits per heavy atom. The van der Waals surface area contributed by atoms with E-state index in [4.69, 9.17) is 22.3 Å². The van der Waals surface area contributed by atoms with Crippen molar-refractivity contribution in [3.05, 3.63) is 59.5 Å². The lowest BCUT2D eigenvalue weighted by Gasteiger charge is -2.17. The number of rotatable bonds is 6. The molecule has 0 saturated carbocycles. The number of sulfone groups is 1. The fourth-order valence-electron chi connectivity index (χ4n) is 2.77. The van der Waals surface area contributed by atoms with E-state index < -0.39 is 42.5 Å². The Kier molecular flexibility index (Phi) is 6.58. The Morgan fingerprint density at radius 1 is 0.875 bits per heavy atom. The van der Waals surface area contributed by atoms with Crippen LogP contribution in [0.4, 0.5) is 13.2 Å². The Balaban J connectivity index is 2.27. The summed E-state index contributed by atoms with van der Waals surface area (Å²) in [5.74, 6) is -5.17. The van der Waals surface area contributed by atoms with Gasteiger partial charge >= 0.3 is 5.92 Å². The van der Waals surface area contributed by atoms with Crippen molar-refractivity contribution in [3.63, 3.8) is 0 Å². The van der Waals surface area contributed by atoms with E-state index in [1.807, 2.05) is 0 Å². The van der Waals surface area contributed by atoms with Crippen molar-refractivity contribution >= 4 is 41.2 Å². The maximum Gasteiger partial charge on any atom is 0.334 e. The highest BCUT2D eigenvalue weighted by molar-refractivity contribution is 8.13. The molecule has 2 aromatic carbocycles. The van der Waals surface area contributed by atoms with Crippen molar-refractivity contribution in [2.24, 2.45) is 0 Å². The van der Waals surface area contributed by atoms with E-state index in [1.54, 1.807) is 0 Å². The molecule has 0 amide bonds. The molecule has 3 aromatic rings. The molecule has 1 aromatic heterocycles. The molecule has 0 aliphatic carbocycles. The van der Waals surface area contributed by atoms with Gasteiger partial charge in [0, 0.05) is 28.1 Å². The lowest BCUT2D eigenvalue weighted by molar-refractivity contribution is -0.0364. The number of aromatic nitrogens is 2. The molecule has 0 radical (unpaired) electrons. The molecule has 170 valence electrons. The van der Waals surface area contributed by atoms with Gasteiger partial charge < -0.3 is 0 Å². The molecular weight excluding hydrogens is 512 g/mol. The number of nitrogens with zero attached hydrogens (tertiary/aromatic N) is 2. The number of hydrogen-bond acceptors (Lipinski definition) is 6. The van der Waals surface area contributed by atoms with Gasteiger partial charge in [0.1, 0.15) is 5.15 Å². The molecule has 0 atom stereocenters. The SMILES string of the molecule is CS(=O)(=O)c1ccc(-c2nc(C(F)(F)CF)nc(Cl)c2-c2ccc(S(=O)(=O)Cl)cc2)cc1. The maximum absolute atomic E-state index is 14.0. The number of hydrogen-bond donors (Lipinski definition) is 0. The van der Waals surface area contributed by atoms with E-state index in [9.17, 15) is 30.0 Å². The van der Waals surface area contributed by atoms with Gasteiger partial charge in [-0.05, 0) is 29.8 Å². The molecule has 3 rings (SSSR count). The van der Waals surface area contributed by atoms with Crippen LogP contribution < -0.4 is 0 Å². The van der Waals surface area contributed by atoms with Crippen molar-refractivity contribution in [2.75, 3.05) is 12.9 Å². The number of benzene rings is 2. The summed E-state index contributed by atoms with van der Waals surface area (Å²) in [4.78, 5) is 7.11. The standard InChI is InChI=1S/C19H13Cl2F3N2O4S2/c1-31(27,28)13-6-4-12(5-7-13)16-15(11-2-8-14(9-3-11)32(21,29)30)17(20)26-18(25-16)19(23,24)10-22/h2-9H,10H2,1H3. The number of alkyl halides is 3. The van der Waals surface area contributed by atoms with E-state index >= 15 is 0 Å². The van der Waals surface area contributed by atoms with Gasteiger partial charge in [0.05, 0.1) is 15.5 Å². The highest BCUT2D eigenvalue weighted by Crippen LogP contribution is 2.39. The van der Waals surface area contributed by atoms with Crippen molar-refractivity contribution in [1.82, 2.24) is 9.97 Å². The van der Waals surface area contributed by atoms with E-state index in [1.165, 1.54) is 48.5 Å². The zero-order valence-electron chi connectivity index (χ0n) is 16.1. The van der Waals surface area contributed by atoms with Gasteiger partial charge in [-0.1, -0.05) is 35.9 Å². The summed E-state index contributed by atoms with van der Waals surface area (Å²) in [7, 11) is -2.23. The summed E-state index contributed by atoms with van der Waals surface area (Å²) < 4.78 is 87.2. The second kappa shape index (κ2) is 8.62. The first-order valence-electron chi connectivity index (χ1n) is 8.61. The Hall–Kier alpha value is -2.21. The molecule has 32 heavy (non-hydrogen) atoms. The highest BCUT2D eigenvalue weighted by atomic mass is 35.7. The third-order valence-corrected chi connectivity index (χ3v) is 7.11. The van der Waals surface area contributed by atoms with Crippen LogP contribution in [0.2, 0.25) is 5.15 Å². The predicted molar refractivity (Wildman–Crippen MR) is 114 cm³/mol. The van der Waals surface area contributed by atoms with E-state index in [0.29, 0.717) is 0 Å². The van der Waals surface area contributed by atoms with Crippen molar-refractivity contribution in [2.45, 2.75) is 15.7 Å². The minimum Gasteiger partial charge on any atom is -0.244 e. The quantitative estimate of drug-likeness (QED) is 0.337. The Morgan fingerprint density at radius 2 is 1.38 bits per heavy atom. The molecule has 1 heterocycles.